The molecule has 0 saturated carbocycles. The Hall–Kier alpha value is -2.91. The van der Waals surface area contributed by atoms with Crippen molar-refractivity contribution in [3.8, 4) is 0 Å². The lowest BCUT2D eigenvalue weighted by molar-refractivity contribution is -0.134. The molecule has 3 aromatic rings. The Morgan fingerprint density at radius 1 is 1.16 bits per heavy atom. The summed E-state index contributed by atoms with van der Waals surface area (Å²) in [7, 11) is 0. The fourth-order valence-electron chi connectivity index (χ4n) is 4.03. The lowest BCUT2D eigenvalue weighted by atomic mass is 10.2. The van der Waals surface area contributed by atoms with Crippen LogP contribution in [0, 0.1) is 6.92 Å². The molecule has 0 aliphatic carbocycles. The van der Waals surface area contributed by atoms with E-state index in [0.717, 1.165) is 33.5 Å². The Kier molecular flexibility index (Phi) is 5.60. The van der Waals surface area contributed by atoms with E-state index < -0.39 is 5.25 Å². The molecule has 5 rings (SSSR count). The van der Waals surface area contributed by atoms with Crippen LogP contribution in [-0.2, 0) is 14.4 Å². The molecule has 32 heavy (non-hydrogen) atoms. The van der Waals surface area contributed by atoms with Gasteiger partial charge >= 0.3 is 0 Å². The maximum Gasteiger partial charge on any atom is 0.250 e. The van der Waals surface area contributed by atoms with Gasteiger partial charge in [-0.15, -0.1) is 11.8 Å². The number of benzene rings is 2. The average molecular weight is 467 g/mol. The minimum Gasteiger partial charge on any atom is -0.341 e. The summed E-state index contributed by atoms with van der Waals surface area (Å²) in [5, 5.41) is 2.45. The lowest BCUT2D eigenvalue weighted by Crippen LogP contribution is -2.51. The number of carbonyl (C=O) groups is 3. The van der Waals surface area contributed by atoms with Crippen molar-refractivity contribution in [2.24, 2.45) is 0 Å². The van der Waals surface area contributed by atoms with Crippen molar-refractivity contribution in [1.82, 2.24) is 9.88 Å². The van der Waals surface area contributed by atoms with Crippen molar-refractivity contribution in [2.75, 3.05) is 29.9 Å². The summed E-state index contributed by atoms with van der Waals surface area (Å²) in [6.07, 6.45) is 1.92. The van der Waals surface area contributed by atoms with Gasteiger partial charge in [0.15, 0.2) is 10.4 Å². The average Bonchev–Trinajstić information content (AvgIpc) is 3.44. The number of thiazole rings is 1. The van der Waals surface area contributed by atoms with Crippen molar-refractivity contribution in [2.45, 2.75) is 29.9 Å². The molecule has 2 aliphatic rings. The Bertz CT molecular complexity index is 1220. The van der Waals surface area contributed by atoms with Gasteiger partial charge in [0, 0.05) is 18.0 Å². The van der Waals surface area contributed by atoms with Gasteiger partial charge in [0.05, 0.1) is 15.9 Å². The van der Waals surface area contributed by atoms with E-state index in [4.69, 9.17) is 0 Å². The number of fused-ring (bicyclic) bond motifs is 2. The fraction of sp³-hybridized carbons (Fsp3) is 0.304. The molecule has 1 N–H and O–H groups in total. The minimum atomic E-state index is -0.860. The first kappa shape index (κ1) is 21.0. The zero-order valence-electron chi connectivity index (χ0n) is 17.5. The van der Waals surface area contributed by atoms with Crippen LogP contribution in [0.3, 0.4) is 0 Å². The Morgan fingerprint density at radius 3 is 2.75 bits per heavy atom. The van der Waals surface area contributed by atoms with Crippen molar-refractivity contribution >= 4 is 61.9 Å². The topological polar surface area (TPSA) is 82.6 Å². The normalized spacial score (nSPS) is 18.2. The first-order chi connectivity index (χ1) is 15.5. The molecule has 0 bridgehead atoms. The Labute approximate surface area is 193 Å². The quantitative estimate of drug-likeness (QED) is 0.593. The monoisotopic (exact) mass is 466 g/mol. The van der Waals surface area contributed by atoms with Gasteiger partial charge in [-0.25, -0.2) is 4.98 Å². The second-order valence-electron chi connectivity index (χ2n) is 7.96. The predicted molar refractivity (Wildman–Crippen MR) is 127 cm³/mol. The van der Waals surface area contributed by atoms with Crippen LogP contribution in [-0.4, -0.2) is 52.5 Å². The van der Waals surface area contributed by atoms with Gasteiger partial charge in [-0.2, -0.15) is 0 Å². The van der Waals surface area contributed by atoms with Gasteiger partial charge in [-0.05, 0) is 49.6 Å². The van der Waals surface area contributed by atoms with E-state index in [0.29, 0.717) is 23.9 Å². The van der Waals surface area contributed by atoms with Crippen molar-refractivity contribution in [3.63, 3.8) is 0 Å². The third-order valence-corrected chi connectivity index (χ3v) is 7.80. The zero-order chi connectivity index (χ0) is 22.2. The molecular weight excluding hydrogens is 444 g/mol. The second kappa shape index (κ2) is 8.55. The zero-order valence-corrected chi connectivity index (χ0v) is 19.2. The van der Waals surface area contributed by atoms with Crippen LogP contribution in [0.1, 0.15) is 18.4 Å². The third-order valence-electron chi connectivity index (χ3n) is 5.63. The summed E-state index contributed by atoms with van der Waals surface area (Å²) in [5.41, 5.74) is 2.60. The molecule has 164 valence electrons. The number of rotatable bonds is 4. The lowest BCUT2D eigenvalue weighted by Gasteiger charge is -2.34. The number of thioether (sulfide) groups is 1. The molecule has 3 amide bonds. The summed E-state index contributed by atoms with van der Waals surface area (Å²) in [5.74, 6) is -0.858. The van der Waals surface area contributed by atoms with E-state index in [1.807, 2.05) is 49.4 Å². The van der Waals surface area contributed by atoms with Gasteiger partial charge < -0.3 is 15.1 Å². The third kappa shape index (κ3) is 3.98. The van der Waals surface area contributed by atoms with E-state index in [9.17, 15) is 14.4 Å². The van der Waals surface area contributed by atoms with Gasteiger partial charge in [0.1, 0.15) is 6.54 Å². The van der Waals surface area contributed by atoms with Crippen LogP contribution in [0.2, 0.25) is 0 Å². The Morgan fingerprint density at radius 2 is 1.94 bits per heavy atom. The number of aryl methyl sites for hydroxylation is 1. The number of likely N-dealkylation sites (tertiary alicyclic amines) is 1. The summed E-state index contributed by atoms with van der Waals surface area (Å²) in [4.78, 5) is 47.7. The van der Waals surface area contributed by atoms with E-state index >= 15 is 0 Å². The highest BCUT2D eigenvalue weighted by Crippen LogP contribution is 2.40. The number of nitrogens with zero attached hydrogens (tertiary/aromatic N) is 3. The summed E-state index contributed by atoms with van der Waals surface area (Å²) in [6.45, 7) is 3.20. The molecule has 1 aromatic heterocycles. The summed E-state index contributed by atoms with van der Waals surface area (Å²) >= 11 is 2.67. The van der Waals surface area contributed by atoms with Crippen LogP contribution in [0.5, 0.6) is 0 Å². The first-order valence-corrected chi connectivity index (χ1v) is 12.2. The largest absolute Gasteiger partial charge is 0.341 e. The van der Waals surface area contributed by atoms with Crippen LogP contribution in [0.15, 0.2) is 47.4 Å². The number of anilines is 2. The molecule has 0 radical (unpaired) electrons. The number of hydrogen-bond acceptors (Lipinski definition) is 6. The van der Waals surface area contributed by atoms with Gasteiger partial charge in [-0.1, -0.05) is 29.5 Å². The summed E-state index contributed by atoms with van der Waals surface area (Å²) < 4.78 is 0.993. The van der Waals surface area contributed by atoms with Gasteiger partial charge in [0.25, 0.3) is 5.91 Å². The molecule has 2 aromatic carbocycles. The fourth-order valence-corrected chi connectivity index (χ4v) is 6.20. The standard InChI is InChI=1S/C23H22N4O3S2/c1-14-8-9-15-18(12-14)32-23(24-15)25-19(28)13-27-16-6-2-3-7-17(16)31-20(22(27)30)21(29)26-10-4-5-11-26/h2-3,6-9,12,20H,4-5,10-11,13H2,1H3,(H,24,25,28)/t20-/m0/s1. The van der Waals surface area contributed by atoms with Crippen LogP contribution in [0.4, 0.5) is 10.8 Å². The maximum absolute atomic E-state index is 13.3. The van der Waals surface area contributed by atoms with Crippen molar-refractivity contribution in [3.05, 3.63) is 48.0 Å². The predicted octanol–water partition coefficient (Wildman–Crippen LogP) is 3.67. The smallest absolute Gasteiger partial charge is 0.250 e. The van der Waals surface area contributed by atoms with Gasteiger partial charge in [-0.3, -0.25) is 14.4 Å². The van der Waals surface area contributed by atoms with E-state index in [1.54, 1.807) is 4.90 Å². The number of carbonyl (C=O) groups excluding carboxylic acids is 3. The van der Waals surface area contributed by atoms with E-state index in [-0.39, 0.29) is 24.3 Å². The molecule has 1 atom stereocenters. The molecule has 7 nitrogen and oxygen atoms in total. The molecule has 9 heteroatoms. The number of amides is 3. The van der Waals surface area contributed by atoms with Crippen LogP contribution < -0.4 is 10.2 Å². The molecule has 0 unspecified atom stereocenters. The second-order valence-corrected chi connectivity index (χ2v) is 10.1. The number of hydrogen-bond donors (Lipinski definition) is 1. The Balaban J connectivity index is 1.37. The maximum atomic E-state index is 13.3. The minimum absolute atomic E-state index is 0.168. The molecule has 3 heterocycles. The molecular formula is C23H22N4O3S2. The number of nitrogens with one attached hydrogen (secondary N) is 1. The molecule has 1 saturated heterocycles. The van der Waals surface area contributed by atoms with Crippen LogP contribution in [0.25, 0.3) is 10.2 Å². The first-order valence-electron chi connectivity index (χ1n) is 10.5. The number of aromatic nitrogens is 1. The van der Waals surface area contributed by atoms with Gasteiger partial charge in [0.2, 0.25) is 11.8 Å². The van der Waals surface area contributed by atoms with Crippen molar-refractivity contribution in [1.29, 1.82) is 0 Å². The highest BCUT2D eigenvalue weighted by molar-refractivity contribution is 8.01. The van der Waals surface area contributed by atoms with Crippen molar-refractivity contribution < 1.29 is 14.4 Å². The molecule has 1 fully saturated rings. The highest BCUT2D eigenvalue weighted by Gasteiger charge is 2.41. The van der Waals surface area contributed by atoms with E-state index in [2.05, 4.69) is 10.3 Å². The molecule has 0 spiro atoms. The van der Waals surface area contributed by atoms with Crippen LogP contribution >= 0.6 is 23.1 Å². The highest BCUT2D eigenvalue weighted by atomic mass is 32.2. The van der Waals surface area contributed by atoms with E-state index in [1.165, 1.54) is 28.0 Å². The summed E-state index contributed by atoms with van der Waals surface area (Å²) in [6, 6.07) is 13.3. The SMILES string of the molecule is Cc1ccc2nc(NC(=O)CN3C(=O)[C@H](C(=O)N4CCCC4)Sc4ccccc43)sc2c1. The molecule has 2 aliphatic heterocycles. The number of para-hydroxylation sites is 1.